The second-order valence-corrected chi connectivity index (χ2v) is 5.77. The van der Waals surface area contributed by atoms with E-state index in [1.165, 1.54) is 0 Å². The molecule has 2 rings (SSSR count). The van der Waals surface area contributed by atoms with Crippen LogP contribution in [0, 0.1) is 6.92 Å². The van der Waals surface area contributed by atoms with Crippen LogP contribution in [0.2, 0.25) is 0 Å². The van der Waals surface area contributed by atoms with E-state index in [-0.39, 0.29) is 0 Å². The Morgan fingerprint density at radius 2 is 1.91 bits per heavy atom. The van der Waals surface area contributed by atoms with Crippen molar-refractivity contribution in [3.8, 4) is 17.2 Å². The molecule has 6 heteroatoms. The first-order valence-corrected chi connectivity index (χ1v) is 7.80. The zero-order valence-electron chi connectivity index (χ0n) is 13.5. The predicted octanol–water partition coefficient (Wildman–Crippen LogP) is 2.96. The molecule has 2 aromatic rings. The van der Waals surface area contributed by atoms with Crippen LogP contribution in [-0.2, 0) is 6.54 Å². The molecule has 0 aliphatic heterocycles. The second kappa shape index (κ2) is 7.26. The molecular formula is C16H21N2O3S+. The van der Waals surface area contributed by atoms with Crippen LogP contribution >= 0.6 is 11.3 Å². The second-order valence-electron chi connectivity index (χ2n) is 4.56. The fourth-order valence-electron chi connectivity index (χ4n) is 2.16. The van der Waals surface area contributed by atoms with Gasteiger partial charge >= 0.3 is 0 Å². The molecule has 0 aliphatic carbocycles. The number of hydrogen-bond donors (Lipinski definition) is 0. The van der Waals surface area contributed by atoms with Crippen molar-refractivity contribution in [2.24, 2.45) is 0 Å². The predicted molar refractivity (Wildman–Crippen MR) is 87.7 cm³/mol. The van der Waals surface area contributed by atoms with E-state index < -0.39 is 0 Å². The minimum atomic E-state index is 0.644. The summed E-state index contributed by atoms with van der Waals surface area (Å²) < 4.78 is 18.1. The monoisotopic (exact) mass is 321 g/mol. The van der Waals surface area contributed by atoms with Gasteiger partial charge in [-0.2, -0.15) is 0 Å². The van der Waals surface area contributed by atoms with Gasteiger partial charge in [0.1, 0.15) is 5.75 Å². The Bertz CT molecular complexity index is 680. The van der Waals surface area contributed by atoms with E-state index in [0.717, 1.165) is 27.9 Å². The quantitative estimate of drug-likeness (QED) is 0.767. The van der Waals surface area contributed by atoms with Crippen LogP contribution in [0.1, 0.15) is 22.5 Å². The minimum absolute atomic E-state index is 0.644. The van der Waals surface area contributed by atoms with Crippen LogP contribution < -0.4 is 18.9 Å². The molecular weight excluding hydrogens is 300 g/mol. The van der Waals surface area contributed by atoms with E-state index in [9.17, 15) is 0 Å². The lowest BCUT2D eigenvalue weighted by molar-refractivity contribution is -0.747. The van der Waals surface area contributed by atoms with Crippen LogP contribution in [0.25, 0.3) is 12.2 Å². The highest BCUT2D eigenvalue weighted by molar-refractivity contribution is 7.11. The average molecular weight is 321 g/mol. The Morgan fingerprint density at radius 3 is 2.50 bits per heavy atom. The normalized spacial score (nSPS) is 11.0. The third-order valence-corrected chi connectivity index (χ3v) is 4.12. The molecule has 1 heterocycles. The molecule has 0 saturated heterocycles. The molecule has 0 bridgehead atoms. The van der Waals surface area contributed by atoms with E-state index in [1.807, 2.05) is 29.8 Å². The number of nitrogens with zero attached hydrogens (tertiary/aromatic N) is 2. The highest BCUT2D eigenvalue weighted by Crippen LogP contribution is 2.36. The third-order valence-electron chi connectivity index (χ3n) is 3.19. The highest BCUT2D eigenvalue weighted by atomic mass is 32.1. The molecule has 1 aromatic heterocycles. The van der Waals surface area contributed by atoms with Crippen LogP contribution in [0.4, 0.5) is 0 Å². The zero-order chi connectivity index (χ0) is 16.1. The number of rotatable bonds is 6. The molecule has 0 N–H and O–H groups in total. The molecule has 0 unspecified atom stereocenters. The number of ether oxygens (including phenoxy) is 3. The number of aromatic nitrogens is 2. The van der Waals surface area contributed by atoms with Crippen molar-refractivity contribution in [2.45, 2.75) is 20.4 Å². The van der Waals surface area contributed by atoms with Crippen LogP contribution in [-0.4, -0.2) is 26.4 Å². The summed E-state index contributed by atoms with van der Waals surface area (Å²) in [5.74, 6) is 2.05. The van der Waals surface area contributed by atoms with Crippen LogP contribution in [0.3, 0.4) is 0 Å². The summed E-state index contributed by atoms with van der Waals surface area (Å²) in [6, 6.07) is 3.72. The Morgan fingerprint density at radius 1 is 1.14 bits per heavy atom. The van der Waals surface area contributed by atoms with E-state index in [2.05, 4.69) is 12.0 Å². The Balaban J connectivity index is 2.44. The van der Waals surface area contributed by atoms with Crippen molar-refractivity contribution >= 4 is 23.5 Å². The standard InChI is InChI=1S/C16H21N2O3S/c1-6-18-15(22-11(2)17-18)8-7-12-9-13(19-3)10-14(20-4)16(12)21-5/h7-10H,6H2,1-5H3/q+1. The van der Waals surface area contributed by atoms with Crippen molar-refractivity contribution < 1.29 is 18.9 Å². The molecule has 22 heavy (non-hydrogen) atoms. The van der Waals surface area contributed by atoms with Gasteiger partial charge in [-0.25, -0.2) is 0 Å². The molecule has 0 radical (unpaired) electrons. The highest BCUT2D eigenvalue weighted by Gasteiger charge is 2.15. The van der Waals surface area contributed by atoms with Crippen molar-refractivity contribution in [1.82, 2.24) is 5.10 Å². The van der Waals surface area contributed by atoms with Gasteiger partial charge in [-0.05, 0) is 37.3 Å². The lowest BCUT2D eigenvalue weighted by atomic mass is 10.1. The summed E-state index contributed by atoms with van der Waals surface area (Å²) in [5.41, 5.74) is 0.896. The largest absolute Gasteiger partial charge is 0.497 e. The maximum atomic E-state index is 5.47. The zero-order valence-corrected chi connectivity index (χ0v) is 14.4. The fraction of sp³-hybridized carbons (Fsp3) is 0.375. The van der Waals surface area contributed by atoms with Crippen LogP contribution in [0.5, 0.6) is 17.2 Å². The molecule has 0 atom stereocenters. The van der Waals surface area contributed by atoms with Gasteiger partial charge in [0.2, 0.25) is 0 Å². The summed E-state index contributed by atoms with van der Waals surface area (Å²) in [5, 5.41) is 6.58. The molecule has 0 spiro atoms. The van der Waals surface area contributed by atoms with Crippen molar-refractivity contribution in [3.63, 3.8) is 0 Å². The number of hydrogen-bond acceptors (Lipinski definition) is 5. The Hall–Kier alpha value is -2.08. The molecule has 5 nitrogen and oxygen atoms in total. The van der Waals surface area contributed by atoms with Crippen LogP contribution in [0.15, 0.2) is 12.1 Å². The van der Waals surface area contributed by atoms with Gasteiger partial charge in [0.25, 0.3) is 5.01 Å². The van der Waals surface area contributed by atoms with Gasteiger partial charge in [0.05, 0.1) is 21.3 Å². The molecule has 0 aliphatic rings. The molecule has 118 valence electrons. The van der Waals surface area contributed by atoms with Gasteiger partial charge < -0.3 is 14.2 Å². The van der Waals surface area contributed by atoms with Gasteiger partial charge in [-0.3, -0.25) is 0 Å². The maximum absolute atomic E-state index is 5.47. The first kappa shape index (κ1) is 16.3. The lowest BCUT2D eigenvalue weighted by Crippen LogP contribution is -2.36. The maximum Gasteiger partial charge on any atom is 0.289 e. The summed E-state index contributed by atoms with van der Waals surface area (Å²) in [6.45, 7) is 4.91. The van der Waals surface area contributed by atoms with Gasteiger partial charge in [-0.1, -0.05) is 4.68 Å². The Kier molecular flexibility index (Phi) is 5.38. The molecule has 0 amide bonds. The summed E-state index contributed by atoms with van der Waals surface area (Å²) >= 11 is 1.65. The van der Waals surface area contributed by atoms with Crippen molar-refractivity contribution in [1.29, 1.82) is 0 Å². The summed E-state index contributed by atoms with van der Waals surface area (Å²) in [7, 11) is 4.87. The van der Waals surface area contributed by atoms with Gasteiger partial charge in [-0.15, -0.1) is 0 Å². The molecule has 0 fully saturated rings. The topological polar surface area (TPSA) is 44.5 Å². The number of aryl methyl sites for hydroxylation is 2. The first-order valence-electron chi connectivity index (χ1n) is 6.98. The Labute approximate surface area is 134 Å². The van der Waals surface area contributed by atoms with E-state index >= 15 is 0 Å². The summed E-state index contributed by atoms with van der Waals surface area (Å²) in [4.78, 5) is 0. The average Bonchev–Trinajstić information content (AvgIpc) is 2.91. The molecule has 1 aromatic carbocycles. The van der Waals surface area contributed by atoms with E-state index in [4.69, 9.17) is 14.2 Å². The summed E-state index contributed by atoms with van der Waals surface area (Å²) in [6.07, 6.45) is 4.02. The number of benzene rings is 1. The van der Waals surface area contributed by atoms with Crippen molar-refractivity contribution in [2.75, 3.05) is 21.3 Å². The smallest absolute Gasteiger partial charge is 0.289 e. The van der Waals surface area contributed by atoms with Gasteiger partial charge in [0, 0.05) is 22.8 Å². The lowest BCUT2D eigenvalue weighted by Gasteiger charge is -2.12. The molecule has 0 saturated carbocycles. The van der Waals surface area contributed by atoms with E-state index in [1.54, 1.807) is 38.7 Å². The fourth-order valence-corrected chi connectivity index (χ4v) is 3.01. The number of methoxy groups -OCH3 is 3. The SMILES string of the molecule is CC[n+]1nc(C)sc1C=Cc1cc(OC)cc(OC)c1OC. The minimum Gasteiger partial charge on any atom is -0.497 e. The first-order chi connectivity index (χ1) is 10.6. The van der Waals surface area contributed by atoms with Crippen molar-refractivity contribution in [3.05, 3.63) is 27.7 Å². The van der Waals surface area contributed by atoms with Gasteiger partial charge in [0.15, 0.2) is 23.1 Å². The third kappa shape index (κ3) is 3.39. The van der Waals surface area contributed by atoms with E-state index in [0.29, 0.717) is 11.5 Å².